The molecule has 0 aromatic carbocycles. The first-order chi connectivity index (χ1) is 10.3. The molecule has 1 aliphatic heterocycles. The molecule has 2 rings (SSSR count). The molecule has 1 aromatic heterocycles. The summed E-state index contributed by atoms with van der Waals surface area (Å²) in [6, 6.07) is 4.01. The van der Waals surface area contributed by atoms with Gasteiger partial charge in [-0.25, -0.2) is 8.42 Å². The third-order valence-corrected chi connectivity index (χ3v) is 5.99. The molecule has 0 aliphatic carbocycles. The number of aryl methyl sites for hydroxylation is 1. The molecule has 1 N–H and O–H groups in total. The van der Waals surface area contributed by atoms with E-state index < -0.39 is 10.0 Å². The highest BCUT2D eigenvalue weighted by molar-refractivity contribution is 7.88. The third kappa shape index (κ3) is 5.35. The number of carbonyl (C=O) groups excluding carboxylic acids is 1. The van der Waals surface area contributed by atoms with Crippen LogP contribution in [0, 0.1) is 6.92 Å². The van der Waals surface area contributed by atoms with Crippen molar-refractivity contribution in [1.29, 1.82) is 0 Å². The highest BCUT2D eigenvalue weighted by Gasteiger charge is 2.22. The van der Waals surface area contributed by atoms with E-state index in [1.807, 2.05) is 19.1 Å². The van der Waals surface area contributed by atoms with Crippen LogP contribution in [0.2, 0.25) is 0 Å². The lowest BCUT2D eigenvalue weighted by molar-refractivity contribution is -0.120. The first kappa shape index (κ1) is 17.4. The maximum Gasteiger partial charge on any atom is 0.225 e. The zero-order chi connectivity index (χ0) is 16.2. The van der Waals surface area contributed by atoms with Gasteiger partial charge in [-0.1, -0.05) is 0 Å². The number of sulfonamides is 1. The van der Waals surface area contributed by atoms with Gasteiger partial charge in [0.05, 0.1) is 12.7 Å². The van der Waals surface area contributed by atoms with Gasteiger partial charge in [-0.15, -0.1) is 11.3 Å². The van der Waals surface area contributed by atoms with Crippen LogP contribution in [-0.2, 0) is 21.2 Å². The predicted octanol–water partition coefficient (Wildman–Crippen LogP) is 0.292. The van der Waals surface area contributed by atoms with Gasteiger partial charge in [0.2, 0.25) is 15.9 Å². The molecule has 0 atom stereocenters. The molecule has 1 aromatic rings. The van der Waals surface area contributed by atoms with Crippen LogP contribution in [0.4, 0.5) is 0 Å². The van der Waals surface area contributed by atoms with E-state index >= 15 is 0 Å². The maximum absolute atomic E-state index is 11.8. The van der Waals surface area contributed by atoms with Crippen LogP contribution in [0.5, 0.6) is 0 Å². The minimum atomic E-state index is -3.08. The fraction of sp³-hybridized carbons (Fsp3) is 0.643. The largest absolute Gasteiger partial charge is 0.355 e. The van der Waals surface area contributed by atoms with Crippen molar-refractivity contribution in [2.45, 2.75) is 13.3 Å². The molecule has 22 heavy (non-hydrogen) atoms. The van der Waals surface area contributed by atoms with Gasteiger partial charge < -0.3 is 5.32 Å². The van der Waals surface area contributed by atoms with Gasteiger partial charge in [0.1, 0.15) is 0 Å². The van der Waals surface area contributed by atoms with Crippen molar-refractivity contribution in [3.8, 4) is 0 Å². The summed E-state index contributed by atoms with van der Waals surface area (Å²) in [5, 5.41) is 2.92. The topological polar surface area (TPSA) is 69.7 Å². The lowest BCUT2D eigenvalue weighted by Gasteiger charge is -2.33. The van der Waals surface area contributed by atoms with Gasteiger partial charge in [-0.05, 0) is 19.1 Å². The Balaban J connectivity index is 1.64. The molecular formula is C14H23N3O3S2. The molecule has 6 nitrogen and oxygen atoms in total. The van der Waals surface area contributed by atoms with E-state index in [1.54, 1.807) is 11.3 Å². The van der Waals surface area contributed by atoms with E-state index in [0.29, 0.717) is 39.1 Å². The summed E-state index contributed by atoms with van der Waals surface area (Å²) in [5.74, 6) is 0.0385. The smallest absolute Gasteiger partial charge is 0.225 e. The number of thiophene rings is 1. The van der Waals surface area contributed by atoms with E-state index in [9.17, 15) is 13.2 Å². The zero-order valence-electron chi connectivity index (χ0n) is 13.0. The Hall–Kier alpha value is -0.960. The third-order valence-electron chi connectivity index (χ3n) is 3.68. The van der Waals surface area contributed by atoms with Crippen molar-refractivity contribution in [3.63, 3.8) is 0 Å². The second-order valence-electron chi connectivity index (χ2n) is 5.54. The minimum absolute atomic E-state index is 0.0385. The molecule has 0 radical (unpaired) electrons. The van der Waals surface area contributed by atoms with Crippen molar-refractivity contribution in [2.24, 2.45) is 0 Å². The van der Waals surface area contributed by atoms with Crippen molar-refractivity contribution >= 4 is 27.3 Å². The number of hydrogen-bond donors (Lipinski definition) is 1. The second-order valence-corrected chi connectivity index (χ2v) is 8.90. The van der Waals surface area contributed by atoms with Crippen LogP contribution in [0.1, 0.15) is 9.75 Å². The van der Waals surface area contributed by atoms with Gasteiger partial charge in [-0.3, -0.25) is 9.69 Å². The highest BCUT2D eigenvalue weighted by atomic mass is 32.2. The number of rotatable bonds is 6. The summed E-state index contributed by atoms with van der Waals surface area (Å²) >= 11 is 1.65. The maximum atomic E-state index is 11.8. The van der Waals surface area contributed by atoms with Gasteiger partial charge in [-0.2, -0.15) is 4.31 Å². The van der Waals surface area contributed by atoms with Crippen molar-refractivity contribution in [1.82, 2.24) is 14.5 Å². The van der Waals surface area contributed by atoms with Crippen molar-refractivity contribution < 1.29 is 13.2 Å². The molecule has 1 fully saturated rings. The fourth-order valence-electron chi connectivity index (χ4n) is 2.44. The molecule has 0 bridgehead atoms. The van der Waals surface area contributed by atoms with Crippen LogP contribution < -0.4 is 5.32 Å². The quantitative estimate of drug-likeness (QED) is 0.805. The Morgan fingerprint density at radius 2 is 1.95 bits per heavy atom. The Morgan fingerprint density at radius 3 is 2.50 bits per heavy atom. The molecule has 1 aliphatic rings. The average Bonchev–Trinajstić information content (AvgIpc) is 2.83. The zero-order valence-corrected chi connectivity index (χ0v) is 14.7. The summed E-state index contributed by atoms with van der Waals surface area (Å²) in [5.41, 5.74) is 0. The minimum Gasteiger partial charge on any atom is -0.355 e. The van der Waals surface area contributed by atoms with Gasteiger partial charge >= 0.3 is 0 Å². The number of nitrogens with one attached hydrogen (secondary N) is 1. The van der Waals surface area contributed by atoms with E-state index in [-0.39, 0.29) is 5.91 Å². The Kier molecular flexibility index (Phi) is 5.96. The molecule has 8 heteroatoms. The first-order valence-corrected chi connectivity index (χ1v) is 10.0. The van der Waals surface area contributed by atoms with Gasteiger partial charge in [0.25, 0.3) is 0 Å². The number of carbonyl (C=O) groups is 1. The van der Waals surface area contributed by atoms with Crippen LogP contribution in [-0.4, -0.2) is 69.1 Å². The Bertz CT molecular complexity index is 605. The van der Waals surface area contributed by atoms with Crippen molar-refractivity contribution in [3.05, 3.63) is 21.9 Å². The Morgan fingerprint density at radius 1 is 1.27 bits per heavy atom. The molecule has 0 saturated carbocycles. The summed E-state index contributed by atoms with van der Waals surface area (Å²) in [6.07, 6.45) is 1.68. The molecular weight excluding hydrogens is 322 g/mol. The van der Waals surface area contributed by atoms with Crippen LogP contribution >= 0.6 is 11.3 Å². The first-order valence-electron chi connectivity index (χ1n) is 7.34. The standard InChI is InChI=1S/C14H23N3O3S2/c1-12-3-4-13(21-12)11-14(18)15-5-6-16-7-9-17(10-8-16)22(2,19)20/h3-4H,5-11H2,1-2H3,(H,15,18). The number of piperazine rings is 1. The number of amides is 1. The predicted molar refractivity (Wildman–Crippen MR) is 88.6 cm³/mol. The fourth-order valence-corrected chi connectivity index (χ4v) is 4.15. The van der Waals surface area contributed by atoms with Crippen LogP contribution in [0.3, 0.4) is 0 Å². The molecule has 1 amide bonds. The molecule has 0 spiro atoms. The summed E-state index contributed by atoms with van der Waals surface area (Å²) in [7, 11) is -3.08. The normalized spacial score (nSPS) is 17.5. The molecule has 1 saturated heterocycles. The summed E-state index contributed by atoms with van der Waals surface area (Å²) in [4.78, 5) is 16.3. The second kappa shape index (κ2) is 7.54. The van der Waals surface area contributed by atoms with E-state index in [1.165, 1.54) is 15.4 Å². The van der Waals surface area contributed by atoms with Crippen LogP contribution in [0.25, 0.3) is 0 Å². The number of hydrogen-bond acceptors (Lipinski definition) is 5. The SMILES string of the molecule is Cc1ccc(CC(=O)NCCN2CCN(S(C)(=O)=O)CC2)s1. The van der Waals surface area contributed by atoms with Crippen LogP contribution in [0.15, 0.2) is 12.1 Å². The highest BCUT2D eigenvalue weighted by Crippen LogP contribution is 2.15. The number of nitrogens with zero attached hydrogens (tertiary/aromatic N) is 2. The molecule has 0 unspecified atom stereocenters. The summed E-state index contributed by atoms with van der Waals surface area (Å²) in [6.45, 7) is 5.87. The Labute approximate surface area is 136 Å². The van der Waals surface area contributed by atoms with Gasteiger partial charge in [0.15, 0.2) is 0 Å². The van der Waals surface area contributed by atoms with E-state index in [0.717, 1.165) is 11.4 Å². The average molecular weight is 345 g/mol. The van der Waals surface area contributed by atoms with E-state index in [4.69, 9.17) is 0 Å². The lowest BCUT2D eigenvalue weighted by atomic mass is 10.3. The molecule has 2 heterocycles. The monoisotopic (exact) mass is 345 g/mol. The van der Waals surface area contributed by atoms with Gasteiger partial charge in [0, 0.05) is 49.0 Å². The molecule has 124 valence electrons. The summed E-state index contributed by atoms with van der Waals surface area (Å²) < 4.78 is 24.3. The van der Waals surface area contributed by atoms with Crippen molar-refractivity contribution in [2.75, 3.05) is 45.5 Å². The lowest BCUT2D eigenvalue weighted by Crippen LogP contribution is -2.49. The van der Waals surface area contributed by atoms with E-state index in [2.05, 4.69) is 10.2 Å².